The third-order valence-electron chi connectivity index (χ3n) is 1.22. The number of rotatable bonds is 5. The standard InChI is InChI=1S/C8H14O2P2.W/c1-6(2)4-7(3)5-8(9)10-12-11;/h3-4,6,12H,5,11H2,1-2H3;. The first-order valence-electron chi connectivity index (χ1n) is 3.91. The van der Waals surface area contributed by atoms with Gasteiger partial charge in [-0.1, -0.05) is 0 Å². The Morgan fingerprint density at radius 2 is 2.31 bits per heavy atom. The maximum absolute atomic E-state index is 11.1. The number of hydrogen-bond donors (Lipinski definition) is 0. The average Bonchev–Trinajstić information content (AvgIpc) is 2.02. The second-order valence-electron chi connectivity index (χ2n) is 2.87. The van der Waals surface area contributed by atoms with Crippen LogP contribution in [0.4, 0.5) is 0 Å². The molecule has 0 spiro atoms. The maximum atomic E-state index is 11.1. The zero-order valence-corrected chi connectivity index (χ0v) is 12.8. The van der Waals surface area contributed by atoms with Crippen LogP contribution in [-0.2, 0) is 28.7 Å². The molecule has 0 amide bonds. The molecule has 74 valence electrons. The fourth-order valence-corrected chi connectivity index (χ4v) is 2.02. The minimum atomic E-state index is -0.141. The molecule has 2 unspecified atom stereocenters. The summed E-state index contributed by atoms with van der Waals surface area (Å²) in [5.41, 5.74) is 1.08. The van der Waals surface area contributed by atoms with E-state index in [1.807, 2.05) is 4.40 Å². The van der Waals surface area contributed by atoms with Crippen LogP contribution in [0, 0.1) is 5.92 Å². The van der Waals surface area contributed by atoms with Crippen LogP contribution in [0.25, 0.3) is 0 Å². The summed E-state index contributed by atoms with van der Waals surface area (Å²) in [5, 5.41) is 0. The number of carbonyl (C=O) groups is 1. The second kappa shape index (κ2) is 7.98. The Morgan fingerprint density at radius 3 is 2.69 bits per heavy atom. The van der Waals surface area contributed by atoms with Gasteiger partial charge < -0.3 is 0 Å². The van der Waals surface area contributed by atoms with Crippen LogP contribution in [-0.4, -0.2) is 10.4 Å². The van der Waals surface area contributed by atoms with Crippen molar-refractivity contribution in [1.82, 2.24) is 0 Å². The summed E-state index contributed by atoms with van der Waals surface area (Å²) in [6.45, 7) is 4.20. The van der Waals surface area contributed by atoms with E-state index in [1.54, 1.807) is 0 Å². The van der Waals surface area contributed by atoms with Crippen LogP contribution in [0.2, 0.25) is 0 Å². The molecule has 0 aliphatic carbocycles. The van der Waals surface area contributed by atoms with Crippen molar-refractivity contribution >= 4 is 27.8 Å². The Morgan fingerprint density at radius 1 is 1.69 bits per heavy atom. The third kappa shape index (κ3) is 7.68. The summed E-state index contributed by atoms with van der Waals surface area (Å²) in [6.07, 6.45) is 2.50. The first-order valence-corrected chi connectivity index (χ1v) is 8.32. The summed E-state index contributed by atoms with van der Waals surface area (Å²) >= 11 is 1.36. The van der Waals surface area contributed by atoms with Gasteiger partial charge in [-0.05, 0) is 0 Å². The molecule has 2 nitrogen and oxygen atoms in total. The zero-order chi connectivity index (χ0) is 10.3. The molecule has 13 heavy (non-hydrogen) atoms. The quantitative estimate of drug-likeness (QED) is 0.676. The molecule has 0 saturated heterocycles. The van der Waals surface area contributed by atoms with Crippen molar-refractivity contribution < 1.29 is 28.7 Å². The van der Waals surface area contributed by atoms with E-state index in [2.05, 4.69) is 28.9 Å². The number of carbonyl (C=O) groups excluding carboxylic acids is 1. The molecule has 0 aliphatic heterocycles. The average molecular weight is 388 g/mol. The Bertz CT molecular complexity index is 214. The molecule has 0 fully saturated rings. The van der Waals surface area contributed by atoms with Gasteiger partial charge in [0.2, 0.25) is 0 Å². The van der Waals surface area contributed by atoms with Gasteiger partial charge in [0.25, 0.3) is 0 Å². The van der Waals surface area contributed by atoms with Gasteiger partial charge >= 0.3 is 94.3 Å². The van der Waals surface area contributed by atoms with E-state index in [4.69, 9.17) is 4.52 Å². The van der Waals surface area contributed by atoms with Gasteiger partial charge in [-0.3, -0.25) is 0 Å². The van der Waals surface area contributed by atoms with Crippen molar-refractivity contribution in [2.75, 3.05) is 0 Å². The fourth-order valence-electron chi connectivity index (χ4n) is 0.837. The van der Waals surface area contributed by atoms with Crippen molar-refractivity contribution in [2.24, 2.45) is 5.92 Å². The van der Waals surface area contributed by atoms with Crippen LogP contribution in [0.3, 0.4) is 0 Å². The monoisotopic (exact) mass is 388 g/mol. The van der Waals surface area contributed by atoms with Crippen LogP contribution < -0.4 is 0 Å². The predicted molar refractivity (Wildman–Crippen MR) is 57.7 cm³/mol. The minimum absolute atomic E-state index is 0.141. The van der Waals surface area contributed by atoms with E-state index in [-0.39, 0.29) is 14.5 Å². The van der Waals surface area contributed by atoms with Gasteiger partial charge in [0.05, 0.1) is 0 Å². The number of allylic oxidation sites excluding steroid dienone is 1. The van der Waals surface area contributed by atoms with Gasteiger partial charge in [-0.2, -0.15) is 0 Å². The fraction of sp³-hybridized carbons (Fsp3) is 0.500. The normalized spacial score (nSPS) is 12.5. The Kier molecular flexibility index (Phi) is 8.37. The van der Waals surface area contributed by atoms with E-state index < -0.39 is 0 Å². The Hall–Kier alpha value is 0.628. The predicted octanol–water partition coefficient (Wildman–Crippen LogP) is 2.23. The summed E-state index contributed by atoms with van der Waals surface area (Å²) in [4.78, 5) is 11.1. The van der Waals surface area contributed by atoms with Crippen molar-refractivity contribution in [3.8, 4) is 0 Å². The van der Waals surface area contributed by atoms with Crippen molar-refractivity contribution in [2.45, 2.75) is 20.3 Å². The molecule has 0 saturated carbocycles. The summed E-state index contributed by atoms with van der Waals surface area (Å²) in [5.74, 6) is 0.342. The first kappa shape index (κ1) is 13.6. The SMILES string of the molecule is CC(C)C=C([CH]=[W])CC(=O)OPP. The van der Waals surface area contributed by atoms with Crippen LogP contribution >= 0.6 is 17.4 Å². The summed E-state index contributed by atoms with van der Waals surface area (Å²) in [7, 11) is 2.56. The molecular formula is C8H14O2P2W. The Balaban J connectivity index is 4.13. The molecule has 0 rings (SSSR count). The van der Waals surface area contributed by atoms with Crippen LogP contribution in [0.1, 0.15) is 20.3 Å². The molecule has 0 aliphatic rings. The van der Waals surface area contributed by atoms with Crippen molar-refractivity contribution in [1.29, 1.82) is 0 Å². The van der Waals surface area contributed by atoms with Crippen LogP contribution in [0.5, 0.6) is 0 Å². The topological polar surface area (TPSA) is 26.3 Å². The van der Waals surface area contributed by atoms with Gasteiger partial charge in [0.1, 0.15) is 0 Å². The first-order chi connectivity index (χ1) is 6.10. The van der Waals surface area contributed by atoms with Gasteiger partial charge in [0, 0.05) is 0 Å². The van der Waals surface area contributed by atoms with Crippen molar-refractivity contribution in [3.63, 3.8) is 0 Å². The molecule has 0 N–H and O–H groups in total. The van der Waals surface area contributed by atoms with E-state index in [9.17, 15) is 4.79 Å². The van der Waals surface area contributed by atoms with Gasteiger partial charge in [-0.25, -0.2) is 0 Å². The second-order valence-corrected chi connectivity index (χ2v) is 4.87. The summed E-state index contributed by atoms with van der Waals surface area (Å²) < 4.78 is 6.89. The molecular weight excluding hydrogens is 374 g/mol. The van der Waals surface area contributed by atoms with Gasteiger partial charge in [0.15, 0.2) is 0 Å². The van der Waals surface area contributed by atoms with E-state index in [0.717, 1.165) is 5.57 Å². The van der Waals surface area contributed by atoms with E-state index in [0.29, 0.717) is 12.3 Å². The van der Waals surface area contributed by atoms with E-state index in [1.165, 1.54) is 19.4 Å². The Labute approximate surface area is 94.3 Å². The molecule has 0 heterocycles. The van der Waals surface area contributed by atoms with Crippen molar-refractivity contribution in [3.05, 3.63) is 11.6 Å². The zero-order valence-electron chi connectivity index (χ0n) is 7.74. The number of hydrogen-bond acceptors (Lipinski definition) is 2. The molecule has 2 atom stereocenters. The molecule has 0 aromatic carbocycles. The third-order valence-corrected chi connectivity index (χ3v) is 3.01. The molecule has 5 heteroatoms. The molecule has 0 aromatic heterocycles. The molecule has 0 radical (unpaired) electrons. The van der Waals surface area contributed by atoms with Crippen LogP contribution in [0.15, 0.2) is 11.6 Å². The molecule has 0 bridgehead atoms. The molecule has 0 aromatic rings. The van der Waals surface area contributed by atoms with Gasteiger partial charge in [-0.15, -0.1) is 0 Å². The van der Waals surface area contributed by atoms with E-state index >= 15 is 0 Å². The summed E-state index contributed by atoms with van der Waals surface area (Å²) in [6, 6.07) is 0.